The van der Waals surface area contributed by atoms with E-state index in [0.29, 0.717) is 16.1 Å². The molecule has 0 aromatic carbocycles. The zero-order valence-electron chi connectivity index (χ0n) is 12.2. The number of thiazole rings is 1. The highest BCUT2D eigenvalue weighted by atomic mass is 32.1. The maximum absolute atomic E-state index is 12.9. The minimum atomic E-state index is -5.26. The van der Waals surface area contributed by atoms with Gasteiger partial charge in [0.1, 0.15) is 0 Å². The monoisotopic (exact) mass is 363 g/mol. The molecule has 0 radical (unpaired) electrons. The summed E-state index contributed by atoms with van der Waals surface area (Å²) in [5, 5.41) is -0.106. The summed E-state index contributed by atoms with van der Waals surface area (Å²) in [7, 11) is 0. The van der Waals surface area contributed by atoms with Gasteiger partial charge in [-0.25, -0.2) is 14.8 Å². The van der Waals surface area contributed by atoms with Gasteiger partial charge in [0.25, 0.3) is 5.91 Å². The minimum Gasteiger partial charge on any atom is -0.322 e. The van der Waals surface area contributed by atoms with Gasteiger partial charge in [0.2, 0.25) is 11.1 Å². The number of pyridine rings is 1. The summed E-state index contributed by atoms with van der Waals surface area (Å²) in [6.45, 7) is 2.45. The number of nitrogens with zero attached hydrogens (tertiary/aromatic N) is 3. The number of alkyl halides is 3. The molecule has 0 unspecified atom stereocenters. The maximum atomic E-state index is 12.9. The summed E-state index contributed by atoms with van der Waals surface area (Å²) in [6.07, 6.45) is -4.05. The van der Waals surface area contributed by atoms with Crippen molar-refractivity contribution in [3.05, 3.63) is 30.0 Å². The summed E-state index contributed by atoms with van der Waals surface area (Å²) in [5.74, 6) is -4.22. The second-order valence-corrected chi connectivity index (χ2v) is 5.45. The number of hydrogen-bond donors (Lipinski definition) is 0. The number of hydrogen-bond acceptors (Lipinski definition) is 6. The highest BCUT2D eigenvalue weighted by Gasteiger charge is 2.43. The number of rotatable bonds is 2. The van der Waals surface area contributed by atoms with Crippen LogP contribution in [0.2, 0.25) is 0 Å². The molecule has 0 saturated carbocycles. The fourth-order valence-corrected chi connectivity index (χ4v) is 2.67. The number of hydroxylamine groups is 1. The third kappa shape index (κ3) is 3.85. The van der Waals surface area contributed by atoms with Gasteiger partial charge in [-0.2, -0.15) is 17.6 Å². The Morgan fingerprint density at radius 3 is 2.46 bits per heavy atom. The van der Waals surface area contributed by atoms with Crippen LogP contribution in [-0.2, 0) is 14.4 Å². The topological polar surface area (TPSA) is 72.4 Å². The fraction of sp³-hybridized carbons (Fsp3) is 0.231. The van der Waals surface area contributed by atoms with E-state index in [2.05, 4.69) is 14.8 Å². The van der Waals surface area contributed by atoms with Crippen molar-refractivity contribution in [1.29, 1.82) is 0 Å². The summed E-state index contributed by atoms with van der Waals surface area (Å²) in [4.78, 5) is 34.3. The third-order valence-corrected chi connectivity index (χ3v) is 3.82. The second kappa shape index (κ2) is 6.51. The highest BCUT2D eigenvalue weighted by Crippen LogP contribution is 2.35. The molecule has 2 aromatic heterocycles. The lowest BCUT2D eigenvalue weighted by atomic mass is 10.2. The van der Waals surface area contributed by atoms with Crippen LogP contribution < -0.4 is 5.06 Å². The van der Waals surface area contributed by atoms with Gasteiger partial charge in [-0.15, -0.1) is 5.06 Å². The summed E-state index contributed by atoms with van der Waals surface area (Å²) >= 11 is 0.794. The average Bonchev–Trinajstić information content (AvgIpc) is 2.85. The van der Waals surface area contributed by atoms with Gasteiger partial charge in [0.15, 0.2) is 0 Å². The SMILES string of the molecule is CC(=O)N(OC(=O)C(F)(F)F)c1nc(C)c(-c2ccc(F)nc2)s1. The molecular formula is C13H9F4N3O3S. The molecule has 1 amide bonds. The smallest absolute Gasteiger partial charge is 0.322 e. The number of halogens is 4. The lowest BCUT2D eigenvalue weighted by molar-refractivity contribution is -0.201. The molecule has 0 spiro atoms. The Balaban J connectivity index is 2.36. The van der Waals surface area contributed by atoms with Crippen molar-refractivity contribution >= 4 is 28.3 Å². The molecule has 0 bridgehead atoms. The molecule has 2 rings (SSSR count). The van der Waals surface area contributed by atoms with E-state index in [4.69, 9.17) is 0 Å². The Morgan fingerprint density at radius 2 is 1.96 bits per heavy atom. The van der Waals surface area contributed by atoms with Crippen LogP contribution in [0.5, 0.6) is 0 Å². The number of anilines is 1. The molecule has 0 atom stereocenters. The Kier molecular flexibility index (Phi) is 4.83. The Labute approximate surface area is 136 Å². The van der Waals surface area contributed by atoms with Crippen LogP contribution in [0.4, 0.5) is 22.7 Å². The van der Waals surface area contributed by atoms with Gasteiger partial charge in [-0.3, -0.25) is 4.79 Å². The molecule has 0 aliphatic heterocycles. The summed E-state index contributed by atoms with van der Waals surface area (Å²) < 4.78 is 49.8. The summed E-state index contributed by atoms with van der Waals surface area (Å²) in [5.41, 5.74) is 0.793. The van der Waals surface area contributed by atoms with Crippen molar-refractivity contribution in [2.45, 2.75) is 20.0 Å². The van der Waals surface area contributed by atoms with Crippen molar-refractivity contribution in [1.82, 2.24) is 9.97 Å². The molecule has 0 saturated heterocycles. The van der Waals surface area contributed by atoms with E-state index in [9.17, 15) is 27.2 Å². The number of aromatic nitrogens is 2. The molecule has 2 aromatic rings. The lowest BCUT2D eigenvalue weighted by Crippen LogP contribution is -2.37. The average molecular weight is 363 g/mol. The first-order chi connectivity index (χ1) is 11.1. The molecular weight excluding hydrogens is 354 g/mol. The predicted molar refractivity (Wildman–Crippen MR) is 75.3 cm³/mol. The van der Waals surface area contributed by atoms with Crippen molar-refractivity contribution in [2.24, 2.45) is 0 Å². The van der Waals surface area contributed by atoms with Gasteiger partial charge in [-0.05, 0) is 19.1 Å². The van der Waals surface area contributed by atoms with E-state index < -0.39 is 24.0 Å². The fourth-order valence-electron chi connectivity index (χ4n) is 1.62. The van der Waals surface area contributed by atoms with Gasteiger partial charge in [0, 0.05) is 18.7 Å². The third-order valence-electron chi connectivity index (χ3n) is 2.64. The Bertz CT molecular complexity index is 774. The number of carbonyl (C=O) groups is 2. The molecule has 24 heavy (non-hydrogen) atoms. The largest absolute Gasteiger partial charge is 0.493 e. The van der Waals surface area contributed by atoms with E-state index in [1.807, 2.05) is 0 Å². The number of amides is 1. The van der Waals surface area contributed by atoms with Crippen molar-refractivity contribution in [2.75, 3.05) is 5.06 Å². The van der Waals surface area contributed by atoms with Crippen LogP contribution in [-0.4, -0.2) is 28.0 Å². The molecule has 6 nitrogen and oxygen atoms in total. The molecule has 0 aliphatic carbocycles. The lowest BCUT2D eigenvalue weighted by Gasteiger charge is -2.16. The molecule has 2 heterocycles. The van der Waals surface area contributed by atoms with E-state index >= 15 is 0 Å². The van der Waals surface area contributed by atoms with Crippen molar-refractivity contribution < 1.29 is 32.0 Å². The normalized spacial score (nSPS) is 11.2. The van der Waals surface area contributed by atoms with E-state index in [1.54, 1.807) is 0 Å². The zero-order valence-corrected chi connectivity index (χ0v) is 13.0. The second-order valence-electron chi connectivity index (χ2n) is 4.47. The molecule has 0 aliphatic rings. The zero-order chi connectivity index (χ0) is 18.1. The van der Waals surface area contributed by atoms with Gasteiger partial charge in [0.05, 0.1) is 10.6 Å². The van der Waals surface area contributed by atoms with Crippen LogP contribution in [0.1, 0.15) is 12.6 Å². The quantitative estimate of drug-likeness (QED) is 0.466. The summed E-state index contributed by atoms with van der Waals surface area (Å²) in [6, 6.07) is 2.49. The minimum absolute atomic E-state index is 0.161. The molecule has 0 N–H and O–H groups in total. The first-order valence-electron chi connectivity index (χ1n) is 6.28. The van der Waals surface area contributed by atoms with E-state index in [-0.39, 0.29) is 10.2 Å². The van der Waals surface area contributed by atoms with E-state index in [0.717, 1.165) is 24.3 Å². The highest BCUT2D eigenvalue weighted by molar-refractivity contribution is 7.19. The van der Waals surface area contributed by atoms with Crippen LogP contribution >= 0.6 is 11.3 Å². The number of aryl methyl sites for hydroxylation is 1. The predicted octanol–water partition coefficient (Wildman–Crippen LogP) is 3.03. The van der Waals surface area contributed by atoms with Crippen LogP contribution in [0.15, 0.2) is 18.3 Å². The van der Waals surface area contributed by atoms with Crippen LogP contribution in [0.3, 0.4) is 0 Å². The molecule has 128 valence electrons. The number of carbonyl (C=O) groups excluding carboxylic acids is 2. The Morgan fingerprint density at radius 1 is 1.29 bits per heavy atom. The van der Waals surface area contributed by atoms with Crippen LogP contribution in [0.25, 0.3) is 10.4 Å². The van der Waals surface area contributed by atoms with Crippen LogP contribution in [0, 0.1) is 12.9 Å². The van der Waals surface area contributed by atoms with Crippen molar-refractivity contribution in [3.8, 4) is 10.4 Å². The molecule has 0 fully saturated rings. The van der Waals surface area contributed by atoms with Crippen molar-refractivity contribution in [3.63, 3.8) is 0 Å². The van der Waals surface area contributed by atoms with Gasteiger partial charge >= 0.3 is 12.1 Å². The first-order valence-corrected chi connectivity index (χ1v) is 7.10. The first kappa shape index (κ1) is 17.8. The standard InChI is InChI=1S/C13H9F4N3O3S/c1-6-10(8-3-4-9(14)18-5-8)24-12(19-6)20(7(2)21)23-11(22)13(15,16)17/h3-5H,1-2H3. The van der Waals surface area contributed by atoms with Gasteiger partial charge in [-0.1, -0.05) is 11.3 Å². The molecule has 11 heteroatoms. The van der Waals surface area contributed by atoms with E-state index in [1.165, 1.54) is 19.2 Å². The Hall–Kier alpha value is -2.56. The maximum Gasteiger partial charge on any atom is 0.493 e. The van der Waals surface area contributed by atoms with Gasteiger partial charge < -0.3 is 4.84 Å².